The molecule has 0 radical (unpaired) electrons. The molecular formula is C23H26FNO5. The highest BCUT2D eigenvalue weighted by molar-refractivity contribution is 5.87. The third-order valence-electron chi connectivity index (χ3n) is 5.33. The lowest BCUT2D eigenvalue weighted by Crippen LogP contribution is -2.28. The normalized spacial score (nSPS) is 16.3. The second-order valence-electron chi connectivity index (χ2n) is 7.68. The molecule has 1 aromatic carbocycles. The van der Waals surface area contributed by atoms with E-state index < -0.39 is 17.6 Å². The summed E-state index contributed by atoms with van der Waals surface area (Å²) in [6.07, 6.45) is 3.87. The molecule has 0 aliphatic carbocycles. The Morgan fingerprint density at radius 1 is 1.33 bits per heavy atom. The first kappa shape index (κ1) is 21.6. The van der Waals surface area contributed by atoms with E-state index in [4.69, 9.17) is 9.47 Å². The van der Waals surface area contributed by atoms with E-state index in [9.17, 15) is 19.1 Å². The number of hydrogen-bond acceptors (Lipinski definition) is 4. The molecule has 2 heterocycles. The van der Waals surface area contributed by atoms with Crippen LogP contribution in [0.3, 0.4) is 0 Å². The molecule has 0 saturated carbocycles. The molecule has 1 aliphatic heterocycles. The number of hydrogen-bond donors (Lipinski definition) is 1. The summed E-state index contributed by atoms with van der Waals surface area (Å²) < 4.78 is 26.8. The molecule has 2 unspecified atom stereocenters. The average molecular weight is 415 g/mol. The topological polar surface area (TPSA) is 77.8 Å². The number of ether oxygens (including phenoxy) is 2. The van der Waals surface area contributed by atoms with E-state index in [0.717, 1.165) is 11.1 Å². The van der Waals surface area contributed by atoms with Gasteiger partial charge in [-0.25, -0.2) is 9.18 Å². The molecule has 160 valence electrons. The Hall–Kier alpha value is -3.09. The number of alkyl halides is 1. The number of carbonyl (C=O) groups is 1. The van der Waals surface area contributed by atoms with Gasteiger partial charge in [-0.3, -0.25) is 4.79 Å². The molecule has 1 N–H and O–H groups in total. The summed E-state index contributed by atoms with van der Waals surface area (Å²) in [6, 6.07) is 4.91. The van der Waals surface area contributed by atoms with Gasteiger partial charge in [-0.1, -0.05) is 26.0 Å². The van der Waals surface area contributed by atoms with Crippen molar-refractivity contribution in [1.82, 2.24) is 4.57 Å². The van der Waals surface area contributed by atoms with Crippen LogP contribution in [0.15, 0.2) is 41.3 Å². The number of allylic oxidation sites excluding steroid dienone is 1. The second kappa shape index (κ2) is 8.73. The number of rotatable bonds is 7. The van der Waals surface area contributed by atoms with Crippen LogP contribution in [0.5, 0.6) is 11.5 Å². The predicted octanol–water partition coefficient (Wildman–Crippen LogP) is 4.27. The summed E-state index contributed by atoms with van der Waals surface area (Å²) >= 11 is 0. The first-order valence-electron chi connectivity index (χ1n) is 9.87. The van der Waals surface area contributed by atoms with E-state index in [1.54, 1.807) is 19.1 Å². The fourth-order valence-electron chi connectivity index (χ4n) is 3.80. The van der Waals surface area contributed by atoms with Crippen molar-refractivity contribution in [3.63, 3.8) is 0 Å². The summed E-state index contributed by atoms with van der Waals surface area (Å²) in [7, 11) is 1.49. The van der Waals surface area contributed by atoms with Gasteiger partial charge in [-0.05, 0) is 37.0 Å². The number of fused-ring (bicyclic) bond motifs is 3. The Morgan fingerprint density at radius 2 is 2.07 bits per heavy atom. The molecule has 2 atom stereocenters. The van der Waals surface area contributed by atoms with E-state index in [2.05, 4.69) is 0 Å². The Kier molecular flexibility index (Phi) is 6.29. The maximum atomic E-state index is 13.8. The molecule has 1 aliphatic rings. The Morgan fingerprint density at radius 3 is 2.67 bits per heavy atom. The van der Waals surface area contributed by atoms with Crippen LogP contribution in [0, 0.1) is 5.92 Å². The lowest BCUT2D eigenvalue weighted by Gasteiger charge is -2.33. The van der Waals surface area contributed by atoms with E-state index in [1.165, 1.54) is 25.4 Å². The van der Waals surface area contributed by atoms with Gasteiger partial charge in [0.25, 0.3) is 0 Å². The number of aromatic nitrogens is 1. The molecule has 0 fully saturated rings. The standard InChI is InChI=1S/C23H26FNO5/c1-5-6-15(24)12-30-22-8-14-7-18(13(2)3)25-11-17(23(27)28)20(26)10-19(25)16(14)9-21(22)29-4/h5-6,8-11,13,15,18H,7,12H2,1-4H3,(H,27,28). The minimum Gasteiger partial charge on any atom is -0.493 e. The maximum Gasteiger partial charge on any atom is 0.341 e. The minimum atomic E-state index is -1.24. The number of benzene rings is 1. The molecular weight excluding hydrogens is 389 g/mol. The Labute approximate surface area is 174 Å². The van der Waals surface area contributed by atoms with E-state index in [-0.39, 0.29) is 24.1 Å². The highest BCUT2D eigenvalue weighted by Crippen LogP contribution is 2.42. The number of halogens is 1. The number of nitrogens with zero attached hydrogens (tertiary/aromatic N) is 1. The van der Waals surface area contributed by atoms with E-state index in [0.29, 0.717) is 23.6 Å². The van der Waals surface area contributed by atoms with Crippen molar-refractivity contribution < 1.29 is 23.8 Å². The van der Waals surface area contributed by atoms with Crippen LogP contribution in [0.4, 0.5) is 4.39 Å². The SMILES string of the molecule is CC=CC(F)COc1cc2c(cc1OC)-c1cc(=O)c(C(=O)O)cn1C(C(C)C)C2. The van der Waals surface area contributed by atoms with Crippen molar-refractivity contribution in [2.24, 2.45) is 5.92 Å². The van der Waals surface area contributed by atoms with Crippen molar-refractivity contribution >= 4 is 5.97 Å². The Bertz CT molecular complexity index is 1040. The fourth-order valence-corrected chi connectivity index (χ4v) is 3.80. The van der Waals surface area contributed by atoms with Crippen LogP contribution in [-0.2, 0) is 6.42 Å². The lowest BCUT2D eigenvalue weighted by molar-refractivity contribution is 0.0694. The minimum absolute atomic E-state index is 0.0376. The lowest BCUT2D eigenvalue weighted by atomic mass is 9.87. The largest absolute Gasteiger partial charge is 0.493 e. The molecule has 7 heteroatoms. The molecule has 3 rings (SSSR count). The van der Waals surface area contributed by atoms with Gasteiger partial charge in [-0.2, -0.15) is 0 Å². The van der Waals surface area contributed by atoms with Crippen molar-refractivity contribution in [2.45, 2.75) is 39.4 Å². The molecule has 30 heavy (non-hydrogen) atoms. The molecule has 6 nitrogen and oxygen atoms in total. The van der Waals surface area contributed by atoms with Crippen LogP contribution in [0.25, 0.3) is 11.3 Å². The Balaban J connectivity index is 2.12. The number of pyridine rings is 1. The van der Waals surface area contributed by atoms with Gasteiger partial charge >= 0.3 is 5.97 Å². The zero-order valence-electron chi connectivity index (χ0n) is 17.5. The zero-order chi connectivity index (χ0) is 22.0. The predicted molar refractivity (Wildman–Crippen MR) is 112 cm³/mol. The molecule has 0 amide bonds. The van der Waals surface area contributed by atoms with Crippen LogP contribution in [0.2, 0.25) is 0 Å². The quantitative estimate of drug-likeness (QED) is 0.684. The van der Waals surface area contributed by atoms with Gasteiger partial charge in [0.1, 0.15) is 12.2 Å². The van der Waals surface area contributed by atoms with Crippen molar-refractivity contribution in [3.05, 3.63) is 57.9 Å². The van der Waals surface area contributed by atoms with Crippen LogP contribution >= 0.6 is 0 Å². The first-order valence-corrected chi connectivity index (χ1v) is 9.87. The monoisotopic (exact) mass is 415 g/mol. The summed E-state index contributed by atoms with van der Waals surface area (Å²) in [5, 5.41) is 9.36. The van der Waals surface area contributed by atoms with E-state index in [1.807, 2.05) is 24.5 Å². The highest BCUT2D eigenvalue weighted by atomic mass is 19.1. The van der Waals surface area contributed by atoms with Gasteiger partial charge in [-0.15, -0.1) is 0 Å². The molecule has 0 spiro atoms. The summed E-state index contributed by atoms with van der Waals surface area (Å²) in [5.74, 6) is -0.195. The zero-order valence-corrected chi connectivity index (χ0v) is 17.5. The van der Waals surface area contributed by atoms with Crippen molar-refractivity contribution in [2.75, 3.05) is 13.7 Å². The third-order valence-corrected chi connectivity index (χ3v) is 5.33. The van der Waals surface area contributed by atoms with Crippen molar-refractivity contribution in [1.29, 1.82) is 0 Å². The summed E-state index contributed by atoms with van der Waals surface area (Å²) in [4.78, 5) is 23.8. The maximum absolute atomic E-state index is 13.8. The number of carboxylic acids is 1. The number of carboxylic acid groups (broad SMARTS) is 1. The smallest absolute Gasteiger partial charge is 0.341 e. The van der Waals surface area contributed by atoms with Gasteiger partial charge in [0.05, 0.1) is 12.8 Å². The van der Waals surface area contributed by atoms with Gasteiger partial charge in [0.2, 0.25) is 0 Å². The van der Waals surface area contributed by atoms with Gasteiger partial charge < -0.3 is 19.1 Å². The van der Waals surface area contributed by atoms with Crippen molar-refractivity contribution in [3.8, 4) is 22.8 Å². The van der Waals surface area contributed by atoms with Gasteiger partial charge in [0, 0.05) is 23.9 Å². The molecule has 0 bridgehead atoms. The second-order valence-corrected chi connectivity index (χ2v) is 7.68. The summed E-state index contributed by atoms with van der Waals surface area (Å²) in [6.45, 7) is 5.70. The average Bonchev–Trinajstić information content (AvgIpc) is 2.70. The van der Waals surface area contributed by atoms with Gasteiger partial charge in [0.15, 0.2) is 23.1 Å². The third kappa shape index (κ3) is 4.10. The molecule has 0 saturated heterocycles. The molecule has 1 aromatic heterocycles. The number of methoxy groups -OCH3 is 1. The fraction of sp³-hybridized carbons (Fsp3) is 0.391. The van der Waals surface area contributed by atoms with Crippen LogP contribution in [0.1, 0.15) is 42.7 Å². The summed E-state index contributed by atoms with van der Waals surface area (Å²) in [5.41, 5.74) is 1.55. The van der Waals surface area contributed by atoms with Crippen LogP contribution < -0.4 is 14.9 Å². The molecule has 2 aromatic rings. The van der Waals surface area contributed by atoms with Crippen LogP contribution in [-0.4, -0.2) is 35.5 Å². The van der Waals surface area contributed by atoms with E-state index >= 15 is 0 Å². The first-order chi connectivity index (χ1) is 14.3. The highest BCUT2D eigenvalue weighted by Gasteiger charge is 2.29. The number of aromatic carboxylic acids is 1.